The van der Waals surface area contributed by atoms with E-state index in [0.717, 1.165) is 6.42 Å². The normalized spacial score (nSPS) is 11.5. The lowest BCUT2D eigenvalue weighted by Crippen LogP contribution is -2.46. The third-order valence-electron chi connectivity index (χ3n) is 3.49. The molecule has 5 heteroatoms. The molecule has 0 aliphatic heterocycles. The summed E-state index contributed by atoms with van der Waals surface area (Å²) in [7, 11) is 0. The third kappa shape index (κ3) is 4.78. The first-order valence-electron chi connectivity index (χ1n) is 7.42. The molecule has 0 saturated carbocycles. The number of ether oxygens (including phenoxy) is 2. The van der Waals surface area contributed by atoms with Crippen molar-refractivity contribution in [2.24, 2.45) is 11.3 Å². The van der Waals surface area contributed by atoms with Crippen molar-refractivity contribution < 1.29 is 24.2 Å². The largest absolute Gasteiger partial charge is 0.465 e. The van der Waals surface area contributed by atoms with Gasteiger partial charge in [-0.05, 0) is 32.6 Å². The number of aliphatic hydroxyl groups excluding tert-OH is 1. The monoisotopic (exact) mass is 288 g/mol. The highest BCUT2D eigenvalue weighted by atomic mass is 16.6. The van der Waals surface area contributed by atoms with Crippen LogP contribution in [0.2, 0.25) is 0 Å². The van der Waals surface area contributed by atoms with Crippen LogP contribution in [0.15, 0.2) is 0 Å². The van der Waals surface area contributed by atoms with Gasteiger partial charge in [0.2, 0.25) is 0 Å². The van der Waals surface area contributed by atoms with E-state index in [9.17, 15) is 9.59 Å². The maximum atomic E-state index is 12.3. The highest BCUT2D eigenvalue weighted by Gasteiger charge is 2.50. The number of unbranched alkanes of at least 4 members (excludes halogenated alkanes) is 2. The first-order chi connectivity index (χ1) is 9.47. The first-order valence-corrected chi connectivity index (χ1v) is 7.42. The van der Waals surface area contributed by atoms with Crippen LogP contribution in [0.4, 0.5) is 0 Å². The summed E-state index contributed by atoms with van der Waals surface area (Å²) in [5.41, 5.74) is -1.23. The van der Waals surface area contributed by atoms with E-state index in [1.807, 2.05) is 13.8 Å². The Morgan fingerprint density at radius 3 is 1.85 bits per heavy atom. The highest BCUT2D eigenvalue weighted by Crippen LogP contribution is 2.37. The smallest absolute Gasteiger partial charge is 0.323 e. The number of carbonyl (C=O) groups excluding carboxylic acids is 2. The van der Waals surface area contributed by atoms with Crippen molar-refractivity contribution in [3.05, 3.63) is 0 Å². The minimum atomic E-state index is -1.23. The second-order valence-electron chi connectivity index (χ2n) is 5.10. The molecule has 20 heavy (non-hydrogen) atoms. The predicted molar refractivity (Wildman–Crippen MR) is 76.1 cm³/mol. The van der Waals surface area contributed by atoms with E-state index in [2.05, 4.69) is 0 Å². The van der Waals surface area contributed by atoms with Crippen molar-refractivity contribution >= 4 is 11.9 Å². The van der Waals surface area contributed by atoms with Crippen LogP contribution < -0.4 is 0 Å². The van der Waals surface area contributed by atoms with Crippen LogP contribution in [0.1, 0.15) is 53.4 Å². The van der Waals surface area contributed by atoms with Crippen molar-refractivity contribution in [2.45, 2.75) is 53.4 Å². The molecule has 0 spiro atoms. The molecule has 0 unspecified atom stereocenters. The fourth-order valence-corrected chi connectivity index (χ4v) is 2.26. The number of hydrogen-bond acceptors (Lipinski definition) is 5. The molecule has 0 bridgehead atoms. The Labute approximate surface area is 121 Å². The zero-order valence-electron chi connectivity index (χ0n) is 13.1. The molecule has 0 fully saturated rings. The van der Waals surface area contributed by atoms with Gasteiger partial charge in [0.15, 0.2) is 5.41 Å². The Bertz CT molecular complexity index is 281. The molecular weight excluding hydrogens is 260 g/mol. The van der Waals surface area contributed by atoms with Gasteiger partial charge in [0.1, 0.15) is 0 Å². The Balaban J connectivity index is 5.12. The lowest BCUT2D eigenvalue weighted by atomic mass is 9.73. The molecule has 0 aliphatic carbocycles. The maximum absolute atomic E-state index is 12.3. The standard InChI is InChI=1S/C15H28O5/c1-5-19-13(17)15(12(3)4,14(18)20-6-2)10-8-7-9-11-16/h12,16H,5-11H2,1-4H3. The topological polar surface area (TPSA) is 72.8 Å². The molecule has 0 heterocycles. The Hall–Kier alpha value is -1.10. The van der Waals surface area contributed by atoms with Crippen molar-refractivity contribution in [1.29, 1.82) is 0 Å². The van der Waals surface area contributed by atoms with Gasteiger partial charge in [-0.2, -0.15) is 0 Å². The van der Waals surface area contributed by atoms with Crippen LogP contribution >= 0.6 is 0 Å². The summed E-state index contributed by atoms with van der Waals surface area (Å²) in [6.07, 6.45) is 2.50. The van der Waals surface area contributed by atoms with E-state index in [1.165, 1.54) is 0 Å². The average Bonchev–Trinajstić information content (AvgIpc) is 2.39. The minimum Gasteiger partial charge on any atom is -0.465 e. The van der Waals surface area contributed by atoms with Crippen LogP contribution in [0.5, 0.6) is 0 Å². The number of aliphatic hydroxyl groups is 1. The van der Waals surface area contributed by atoms with E-state index < -0.39 is 17.4 Å². The van der Waals surface area contributed by atoms with E-state index in [0.29, 0.717) is 19.3 Å². The number of carbonyl (C=O) groups is 2. The molecule has 0 aromatic rings. The van der Waals surface area contributed by atoms with Crippen LogP contribution in [0, 0.1) is 11.3 Å². The molecule has 0 aliphatic rings. The number of hydrogen-bond donors (Lipinski definition) is 1. The molecular formula is C15H28O5. The molecule has 0 saturated heterocycles. The predicted octanol–water partition coefficient (Wildman–Crippen LogP) is 2.31. The molecule has 0 amide bonds. The molecule has 1 N–H and O–H groups in total. The fourth-order valence-electron chi connectivity index (χ4n) is 2.26. The Kier molecular flexibility index (Phi) is 9.21. The van der Waals surface area contributed by atoms with Crippen LogP contribution in [-0.2, 0) is 19.1 Å². The lowest BCUT2D eigenvalue weighted by molar-refractivity contribution is -0.176. The SMILES string of the molecule is CCOC(=O)C(CCCCCO)(C(=O)OCC)C(C)C. The molecule has 5 nitrogen and oxygen atoms in total. The van der Waals surface area contributed by atoms with Gasteiger partial charge in [0.25, 0.3) is 0 Å². The summed E-state index contributed by atoms with van der Waals surface area (Å²) >= 11 is 0. The van der Waals surface area contributed by atoms with Crippen molar-refractivity contribution in [1.82, 2.24) is 0 Å². The summed E-state index contributed by atoms with van der Waals surface area (Å²) in [6.45, 7) is 7.71. The van der Waals surface area contributed by atoms with Gasteiger partial charge in [-0.1, -0.05) is 26.7 Å². The lowest BCUT2D eigenvalue weighted by Gasteiger charge is -2.32. The van der Waals surface area contributed by atoms with E-state index in [4.69, 9.17) is 14.6 Å². The fraction of sp³-hybridized carbons (Fsp3) is 0.867. The van der Waals surface area contributed by atoms with Gasteiger partial charge in [0.05, 0.1) is 13.2 Å². The first kappa shape index (κ1) is 18.9. The average molecular weight is 288 g/mol. The van der Waals surface area contributed by atoms with Crippen LogP contribution in [0.3, 0.4) is 0 Å². The zero-order chi connectivity index (χ0) is 15.6. The number of esters is 2. The Morgan fingerprint density at radius 2 is 1.50 bits per heavy atom. The van der Waals surface area contributed by atoms with Crippen molar-refractivity contribution in [3.63, 3.8) is 0 Å². The summed E-state index contributed by atoms with van der Waals surface area (Å²) in [6, 6.07) is 0. The minimum absolute atomic E-state index is 0.119. The zero-order valence-corrected chi connectivity index (χ0v) is 13.1. The van der Waals surface area contributed by atoms with Crippen molar-refractivity contribution in [2.75, 3.05) is 19.8 Å². The number of rotatable bonds is 10. The van der Waals surface area contributed by atoms with Crippen LogP contribution in [-0.4, -0.2) is 36.9 Å². The molecule has 0 aromatic heterocycles. The summed E-state index contributed by atoms with van der Waals surface area (Å²) in [4.78, 5) is 24.6. The molecule has 0 rings (SSSR count). The third-order valence-corrected chi connectivity index (χ3v) is 3.49. The molecule has 0 atom stereocenters. The van der Waals surface area contributed by atoms with Gasteiger partial charge < -0.3 is 14.6 Å². The molecule has 0 aromatic carbocycles. The molecule has 118 valence electrons. The summed E-state index contributed by atoms with van der Waals surface area (Å²) in [5.74, 6) is -1.20. The van der Waals surface area contributed by atoms with Crippen molar-refractivity contribution in [3.8, 4) is 0 Å². The summed E-state index contributed by atoms with van der Waals surface area (Å²) < 4.78 is 10.2. The van der Waals surface area contributed by atoms with Gasteiger partial charge in [0, 0.05) is 6.61 Å². The van der Waals surface area contributed by atoms with Gasteiger partial charge in [-0.15, -0.1) is 0 Å². The van der Waals surface area contributed by atoms with E-state index in [1.54, 1.807) is 13.8 Å². The maximum Gasteiger partial charge on any atom is 0.323 e. The second-order valence-corrected chi connectivity index (χ2v) is 5.10. The summed E-state index contributed by atoms with van der Waals surface area (Å²) in [5, 5.41) is 8.81. The van der Waals surface area contributed by atoms with E-state index >= 15 is 0 Å². The van der Waals surface area contributed by atoms with Gasteiger partial charge >= 0.3 is 11.9 Å². The molecule has 0 radical (unpaired) electrons. The van der Waals surface area contributed by atoms with E-state index in [-0.39, 0.29) is 25.7 Å². The van der Waals surface area contributed by atoms with Gasteiger partial charge in [-0.3, -0.25) is 9.59 Å². The highest BCUT2D eigenvalue weighted by molar-refractivity contribution is 6.00. The van der Waals surface area contributed by atoms with Crippen LogP contribution in [0.25, 0.3) is 0 Å². The van der Waals surface area contributed by atoms with Gasteiger partial charge in [-0.25, -0.2) is 0 Å². The second kappa shape index (κ2) is 9.75. The Morgan fingerprint density at radius 1 is 1.00 bits per heavy atom. The quantitative estimate of drug-likeness (QED) is 0.379.